The molecular weight excluding hydrogens is 276 g/mol. The van der Waals surface area contributed by atoms with Crippen molar-refractivity contribution >= 4 is 5.91 Å². The number of aromatic nitrogens is 2. The Kier molecular flexibility index (Phi) is 5.62. The first kappa shape index (κ1) is 17.0. The van der Waals surface area contributed by atoms with E-state index in [1.54, 1.807) is 0 Å². The van der Waals surface area contributed by atoms with Crippen molar-refractivity contribution in [3.8, 4) is 0 Å². The zero-order valence-electron chi connectivity index (χ0n) is 14.4. The van der Waals surface area contributed by atoms with E-state index in [1.165, 1.54) is 12.8 Å². The first-order valence-electron chi connectivity index (χ1n) is 8.33. The summed E-state index contributed by atoms with van der Waals surface area (Å²) in [7, 11) is 2.05. The fourth-order valence-electron chi connectivity index (χ4n) is 2.93. The van der Waals surface area contributed by atoms with E-state index in [0.717, 1.165) is 38.4 Å². The van der Waals surface area contributed by atoms with Crippen molar-refractivity contribution in [2.45, 2.75) is 46.6 Å². The van der Waals surface area contributed by atoms with Crippen LogP contribution in [0.15, 0.2) is 12.4 Å². The van der Waals surface area contributed by atoms with Gasteiger partial charge in [0.15, 0.2) is 0 Å². The van der Waals surface area contributed by atoms with Crippen LogP contribution in [0, 0.1) is 11.3 Å². The molecule has 0 saturated carbocycles. The van der Waals surface area contributed by atoms with E-state index in [9.17, 15) is 4.79 Å². The summed E-state index contributed by atoms with van der Waals surface area (Å²) >= 11 is 0. The van der Waals surface area contributed by atoms with Crippen LogP contribution in [0.5, 0.6) is 0 Å². The monoisotopic (exact) mass is 306 g/mol. The Bertz CT molecular complexity index is 489. The molecule has 0 aliphatic carbocycles. The number of nitrogens with zero attached hydrogens (tertiary/aromatic N) is 3. The Morgan fingerprint density at radius 3 is 2.86 bits per heavy atom. The van der Waals surface area contributed by atoms with Gasteiger partial charge in [-0.25, -0.2) is 4.98 Å². The molecule has 0 radical (unpaired) electrons. The summed E-state index contributed by atoms with van der Waals surface area (Å²) < 4.78 is 2.09. The third-order valence-electron chi connectivity index (χ3n) is 4.41. The molecule has 22 heavy (non-hydrogen) atoms. The van der Waals surface area contributed by atoms with Crippen LogP contribution in [-0.2, 0) is 18.4 Å². The van der Waals surface area contributed by atoms with Crippen molar-refractivity contribution in [1.29, 1.82) is 0 Å². The second kappa shape index (κ2) is 7.27. The lowest BCUT2D eigenvalue weighted by Gasteiger charge is -2.32. The minimum atomic E-state index is -0.295. The summed E-state index contributed by atoms with van der Waals surface area (Å²) in [4.78, 5) is 18.8. The van der Waals surface area contributed by atoms with Crippen molar-refractivity contribution in [2.75, 3.05) is 19.6 Å². The molecule has 1 aliphatic rings. The summed E-state index contributed by atoms with van der Waals surface area (Å²) in [6.45, 7) is 9.84. The zero-order chi connectivity index (χ0) is 16.2. The number of piperidine rings is 1. The number of carbonyl (C=O) groups excluding carboxylic acids is 1. The number of hydrogen-bond donors (Lipinski definition) is 1. The van der Waals surface area contributed by atoms with Gasteiger partial charge in [-0.2, -0.15) is 0 Å². The van der Waals surface area contributed by atoms with Crippen LogP contribution in [0.3, 0.4) is 0 Å². The molecule has 1 aromatic heterocycles. The number of imidazole rings is 1. The molecule has 124 valence electrons. The molecule has 1 saturated heterocycles. The van der Waals surface area contributed by atoms with Crippen LogP contribution >= 0.6 is 0 Å². The minimum absolute atomic E-state index is 0.146. The van der Waals surface area contributed by atoms with Crippen LogP contribution in [0.25, 0.3) is 0 Å². The standard InChI is InChI=1S/C17H30N4O/c1-17(2,3)16(22)19-8-7-14-6-5-10-21(12-14)13-15-18-9-11-20(15)4/h9,11,14H,5-8,10,12-13H2,1-4H3,(H,19,22). The summed E-state index contributed by atoms with van der Waals surface area (Å²) in [6.07, 6.45) is 7.43. The maximum absolute atomic E-state index is 11.9. The third kappa shape index (κ3) is 4.83. The summed E-state index contributed by atoms with van der Waals surface area (Å²) in [5, 5.41) is 3.07. The quantitative estimate of drug-likeness (QED) is 0.907. The van der Waals surface area contributed by atoms with Crippen molar-refractivity contribution in [2.24, 2.45) is 18.4 Å². The molecule has 0 spiro atoms. The summed E-state index contributed by atoms with van der Waals surface area (Å²) in [5.74, 6) is 1.95. The lowest BCUT2D eigenvalue weighted by atomic mass is 9.93. The number of rotatable bonds is 5. The van der Waals surface area contributed by atoms with Crippen molar-refractivity contribution in [1.82, 2.24) is 19.8 Å². The van der Waals surface area contributed by atoms with Crippen molar-refractivity contribution in [3.05, 3.63) is 18.2 Å². The lowest BCUT2D eigenvalue weighted by Crippen LogP contribution is -2.39. The fourth-order valence-corrected chi connectivity index (χ4v) is 2.93. The maximum atomic E-state index is 11.9. The maximum Gasteiger partial charge on any atom is 0.225 e. The average Bonchev–Trinajstić information content (AvgIpc) is 2.83. The molecule has 1 aromatic rings. The van der Waals surface area contributed by atoms with Gasteiger partial charge in [-0.15, -0.1) is 0 Å². The average molecular weight is 306 g/mol. The van der Waals surface area contributed by atoms with Gasteiger partial charge in [-0.05, 0) is 31.7 Å². The SMILES string of the molecule is Cn1ccnc1CN1CCCC(CCNC(=O)C(C)(C)C)C1. The highest BCUT2D eigenvalue weighted by atomic mass is 16.2. The number of nitrogens with one attached hydrogen (secondary N) is 1. The topological polar surface area (TPSA) is 50.2 Å². The Hall–Kier alpha value is -1.36. The molecule has 2 heterocycles. The first-order chi connectivity index (χ1) is 10.4. The van der Waals surface area contributed by atoms with Gasteiger partial charge in [-0.3, -0.25) is 9.69 Å². The first-order valence-corrected chi connectivity index (χ1v) is 8.33. The van der Waals surface area contributed by atoms with Crippen LogP contribution in [0.2, 0.25) is 0 Å². The predicted octanol–water partition coefficient (Wildman–Crippen LogP) is 2.18. The van der Waals surface area contributed by atoms with Gasteiger partial charge in [0.1, 0.15) is 5.82 Å². The second-order valence-corrected chi connectivity index (χ2v) is 7.49. The van der Waals surface area contributed by atoms with E-state index in [0.29, 0.717) is 5.92 Å². The van der Waals surface area contributed by atoms with Crippen LogP contribution < -0.4 is 5.32 Å². The molecule has 1 fully saturated rings. The van der Waals surface area contributed by atoms with Gasteiger partial charge in [0.25, 0.3) is 0 Å². The number of aryl methyl sites for hydroxylation is 1. The van der Waals surface area contributed by atoms with Crippen molar-refractivity contribution in [3.63, 3.8) is 0 Å². The smallest absolute Gasteiger partial charge is 0.225 e. The molecule has 2 rings (SSSR count). The van der Waals surface area contributed by atoms with Gasteiger partial charge in [0, 0.05) is 37.9 Å². The molecule has 1 aliphatic heterocycles. The van der Waals surface area contributed by atoms with E-state index < -0.39 is 0 Å². The molecule has 0 bridgehead atoms. The number of hydrogen-bond acceptors (Lipinski definition) is 3. The fraction of sp³-hybridized carbons (Fsp3) is 0.765. The van der Waals surface area contributed by atoms with E-state index in [4.69, 9.17) is 0 Å². The zero-order valence-corrected chi connectivity index (χ0v) is 14.4. The Morgan fingerprint density at radius 2 is 2.23 bits per heavy atom. The Labute approximate surface area is 134 Å². The normalized spacial score (nSPS) is 20.1. The van der Waals surface area contributed by atoms with Gasteiger partial charge < -0.3 is 9.88 Å². The van der Waals surface area contributed by atoms with Crippen LogP contribution in [0.4, 0.5) is 0 Å². The Morgan fingerprint density at radius 1 is 1.45 bits per heavy atom. The van der Waals surface area contributed by atoms with E-state index >= 15 is 0 Å². The van der Waals surface area contributed by atoms with Gasteiger partial charge >= 0.3 is 0 Å². The largest absolute Gasteiger partial charge is 0.356 e. The van der Waals surface area contributed by atoms with E-state index in [1.807, 2.05) is 40.2 Å². The van der Waals surface area contributed by atoms with Crippen molar-refractivity contribution < 1.29 is 4.79 Å². The highest BCUT2D eigenvalue weighted by Crippen LogP contribution is 2.21. The number of carbonyl (C=O) groups is 1. The number of amides is 1. The molecule has 5 heteroatoms. The van der Waals surface area contributed by atoms with Crippen LogP contribution in [-0.4, -0.2) is 40.0 Å². The third-order valence-corrected chi connectivity index (χ3v) is 4.41. The molecule has 1 unspecified atom stereocenters. The van der Waals surface area contributed by atoms with Gasteiger partial charge in [0.2, 0.25) is 5.91 Å². The molecule has 1 atom stereocenters. The predicted molar refractivity (Wildman–Crippen MR) is 88.3 cm³/mol. The number of likely N-dealkylation sites (tertiary alicyclic amines) is 1. The van der Waals surface area contributed by atoms with Crippen LogP contribution in [0.1, 0.15) is 45.9 Å². The molecular formula is C17H30N4O. The second-order valence-electron chi connectivity index (χ2n) is 7.49. The highest BCUT2D eigenvalue weighted by molar-refractivity contribution is 5.81. The molecule has 5 nitrogen and oxygen atoms in total. The molecule has 0 aromatic carbocycles. The summed E-state index contributed by atoms with van der Waals surface area (Å²) in [6, 6.07) is 0. The molecule has 1 N–H and O–H groups in total. The summed E-state index contributed by atoms with van der Waals surface area (Å²) in [5.41, 5.74) is -0.295. The van der Waals surface area contributed by atoms with Gasteiger partial charge in [-0.1, -0.05) is 20.8 Å². The van der Waals surface area contributed by atoms with E-state index in [2.05, 4.69) is 19.8 Å². The van der Waals surface area contributed by atoms with E-state index in [-0.39, 0.29) is 11.3 Å². The lowest BCUT2D eigenvalue weighted by molar-refractivity contribution is -0.128. The highest BCUT2D eigenvalue weighted by Gasteiger charge is 2.23. The minimum Gasteiger partial charge on any atom is -0.356 e. The Balaban J connectivity index is 1.74. The molecule has 1 amide bonds. The van der Waals surface area contributed by atoms with Gasteiger partial charge in [0.05, 0.1) is 6.54 Å².